The maximum atomic E-state index is 12.7. The van der Waals surface area contributed by atoms with Crippen molar-refractivity contribution in [2.45, 2.75) is 24.4 Å². The average Bonchev–Trinajstić information content (AvgIpc) is 2.71. The van der Waals surface area contributed by atoms with Gasteiger partial charge in [0.15, 0.2) is 5.03 Å². The number of hydrogen-bond donors (Lipinski definition) is 0. The van der Waals surface area contributed by atoms with Gasteiger partial charge in [0.1, 0.15) is 5.82 Å². The zero-order valence-corrected chi connectivity index (χ0v) is 13.4. The van der Waals surface area contributed by atoms with Crippen LogP contribution in [-0.2, 0) is 17.1 Å². The summed E-state index contributed by atoms with van der Waals surface area (Å²) in [5.41, 5.74) is 0.960. The molecule has 0 saturated carbocycles. The maximum absolute atomic E-state index is 12.7. The van der Waals surface area contributed by atoms with E-state index in [1.54, 1.807) is 36.9 Å². The quantitative estimate of drug-likeness (QED) is 0.871. The van der Waals surface area contributed by atoms with E-state index in [9.17, 15) is 8.42 Å². The number of nitrogens with zero attached hydrogens (tertiary/aromatic N) is 3. The average molecular weight is 326 g/mol. The second kappa shape index (κ2) is 5.12. The summed E-state index contributed by atoms with van der Waals surface area (Å²) in [6, 6.07) is 7.18. The molecule has 0 aliphatic carbocycles. The van der Waals surface area contributed by atoms with E-state index in [1.807, 2.05) is 12.1 Å². The second-order valence-corrected chi connectivity index (χ2v) is 7.48. The van der Waals surface area contributed by atoms with E-state index in [4.69, 9.17) is 11.6 Å². The molecular formula is C14H16ClN3O2S. The summed E-state index contributed by atoms with van der Waals surface area (Å²) in [6.45, 7) is 2.30. The molecule has 5 nitrogen and oxygen atoms in total. The zero-order valence-electron chi connectivity index (χ0n) is 11.8. The van der Waals surface area contributed by atoms with Crippen LogP contribution < -0.4 is 0 Å². The summed E-state index contributed by atoms with van der Waals surface area (Å²) in [4.78, 5) is 4.14. The highest BCUT2D eigenvalue weighted by molar-refractivity contribution is 7.89. The van der Waals surface area contributed by atoms with Gasteiger partial charge < -0.3 is 4.57 Å². The number of aromatic nitrogens is 2. The predicted molar refractivity (Wildman–Crippen MR) is 80.6 cm³/mol. The van der Waals surface area contributed by atoms with Gasteiger partial charge >= 0.3 is 0 Å². The van der Waals surface area contributed by atoms with Gasteiger partial charge in [-0.2, -0.15) is 4.31 Å². The molecule has 1 aliphatic heterocycles. The molecule has 1 aromatic heterocycles. The molecule has 1 atom stereocenters. The number of halogens is 1. The lowest BCUT2D eigenvalue weighted by Gasteiger charge is -2.39. The molecule has 21 heavy (non-hydrogen) atoms. The molecule has 1 aromatic carbocycles. The summed E-state index contributed by atoms with van der Waals surface area (Å²) in [5, 5.41) is 0.758. The lowest BCUT2D eigenvalue weighted by Crippen LogP contribution is -2.45. The van der Waals surface area contributed by atoms with Crippen molar-refractivity contribution in [3.63, 3.8) is 0 Å². The normalized spacial score (nSPS) is 19.5. The minimum absolute atomic E-state index is 0.112. The fraction of sp³-hybridized carbons (Fsp3) is 0.357. The maximum Gasteiger partial charge on any atom is 0.262 e. The fourth-order valence-corrected chi connectivity index (χ4v) is 4.25. The van der Waals surface area contributed by atoms with Crippen LogP contribution in [-0.4, -0.2) is 28.8 Å². The Morgan fingerprint density at radius 2 is 1.95 bits per heavy atom. The monoisotopic (exact) mass is 325 g/mol. The van der Waals surface area contributed by atoms with Crippen LogP contribution in [0.1, 0.15) is 23.9 Å². The van der Waals surface area contributed by atoms with Crippen LogP contribution in [0.3, 0.4) is 0 Å². The molecule has 0 amide bonds. The topological polar surface area (TPSA) is 55.2 Å². The molecule has 0 bridgehead atoms. The zero-order chi connectivity index (χ0) is 15.2. The molecule has 1 fully saturated rings. The van der Waals surface area contributed by atoms with E-state index in [1.165, 1.54) is 4.31 Å². The van der Waals surface area contributed by atoms with Crippen LogP contribution in [0.4, 0.5) is 0 Å². The molecule has 0 N–H and O–H groups in total. The van der Waals surface area contributed by atoms with Crippen molar-refractivity contribution >= 4 is 21.6 Å². The third-order valence-corrected chi connectivity index (χ3v) is 5.92. The van der Waals surface area contributed by atoms with Crippen LogP contribution in [0.2, 0.25) is 5.02 Å². The second-order valence-electron chi connectivity index (χ2n) is 5.21. The van der Waals surface area contributed by atoms with Gasteiger partial charge in [-0.25, -0.2) is 13.4 Å². The van der Waals surface area contributed by atoms with Crippen LogP contribution in [0.25, 0.3) is 0 Å². The van der Waals surface area contributed by atoms with Gasteiger partial charge in [0.25, 0.3) is 10.0 Å². The number of aryl methyl sites for hydroxylation is 2. The number of benzene rings is 1. The van der Waals surface area contributed by atoms with Crippen molar-refractivity contribution in [3.05, 3.63) is 46.9 Å². The molecule has 112 valence electrons. The van der Waals surface area contributed by atoms with E-state index in [2.05, 4.69) is 4.98 Å². The smallest absolute Gasteiger partial charge is 0.262 e. The van der Waals surface area contributed by atoms with Crippen molar-refractivity contribution < 1.29 is 8.42 Å². The van der Waals surface area contributed by atoms with Crippen molar-refractivity contribution in [1.82, 2.24) is 13.9 Å². The highest BCUT2D eigenvalue weighted by Gasteiger charge is 2.40. The SMILES string of the molecule is Cc1nc(S(=O)(=O)N2CC[C@@H]2c2ccc(Cl)cc2)cn1C. The Labute approximate surface area is 129 Å². The van der Waals surface area contributed by atoms with Gasteiger partial charge in [-0.05, 0) is 31.0 Å². The van der Waals surface area contributed by atoms with Gasteiger partial charge in [-0.3, -0.25) is 0 Å². The number of imidazole rings is 1. The molecule has 2 aromatic rings. The first-order valence-electron chi connectivity index (χ1n) is 6.67. The molecule has 2 heterocycles. The Bertz CT molecular complexity index is 749. The Morgan fingerprint density at radius 3 is 2.43 bits per heavy atom. The molecule has 0 radical (unpaired) electrons. The fourth-order valence-electron chi connectivity index (χ4n) is 2.44. The van der Waals surface area contributed by atoms with E-state index in [0.717, 1.165) is 12.0 Å². The van der Waals surface area contributed by atoms with Crippen molar-refractivity contribution in [1.29, 1.82) is 0 Å². The number of rotatable bonds is 3. The molecule has 0 spiro atoms. The summed E-state index contributed by atoms with van der Waals surface area (Å²) < 4.78 is 28.5. The van der Waals surface area contributed by atoms with E-state index in [0.29, 0.717) is 17.4 Å². The minimum Gasteiger partial charge on any atom is -0.337 e. The molecule has 7 heteroatoms. The molecule has 0 unspecified atom stereocenters. The first kappa shape index (κ1) is 14.6. The molecule has 3 rings (SSSR count). The highest BCUT2D eigenvalue weighted by atomic mass is 35.5. The van der Waals surface area contributed by atoms with E-state index in [-0.39, 0.29) is 11.1 Å². The number of sulfonamides is 1. The van der Waals surface area contributed by atoms with Gasteiger partial charge in [0.05, 0.1) is 6.04 Å². The standard InChI is InChI=1S/C14H16ClN3O2S/c1-10-16-14(9-17(10)2)21(19,20)18-8-7-13(18)11-3-5-12(15)6-4-11/h3-6,9,13H,7-8H2,1-2H3/t13-/m1/s1. The molecule has 1 aliphatic rings. The van der Waals surface area contributed by atoms with Gasteiger partial charge in [-0.15, -0.1) is 0 Å². The summed E-state index contributed by atoms with van der Waals surface area (Å²) >= 11 is 5.88. The van der Waals surface area contributed by atoms with Gasteiger partial charge in [0, 0.05) is 24.8 Å². The van der Waals surface area contributed by atoms with Crippen LogP contribution in [0, 0.1) is 6.92 Å². The Kier molecular flexibility index (Phi) is 3.55. The lowest BCUT2D eigenvalue weighted by atomic mass is 9.98. The first-order valence-corrected chi connectivity index (χ1v) is 8.48. The van der Waals surface area contributed by atoms with Crippen LogP contribution >= 0.6 is 11.6 Å². The lowest BCUT2D eigenvalue weighted by molar-refractivity contribution is 0.201. The summed E-state index contributed by atoms with van der Waals surface area (Å²) in [6.07, 6.45) is 2.37. The van der Waals surface area contributed by atoms with Gasteiger partial charge in [0.2, 0.25) is 0 Å². The Morgan fingerprint density at radius 1 is 1.29 bits per heavy atom. The summed E-state index contributed by atoms with van der Waals surface area (Å²) in [5.74, 6) is 0.678. The van der Waals surface area contributed by atoms with Gasteiger partial charge in [-0.1, -0.05) is 23.7 Å². The third kappa shape index (κ3) is 2.47. The molecular weight excluding hydrogens is 310 g/mol. The largest absolute Gasteiger partial charge is 0.337 e. The minimum atomic E-state index is -3.54. The predicted octanol–water partition coefficient (Wildman–Crippen LogP) is 2.52. The van der Waals surface area contributed by atoms with E-state index >= 15 is 0 Å². The van der Waals surface area contributed by atoms with E-state index < -0.39 is 10.0 Å². The Hall–Kier alpha value is -1.37. The van der Waals surface area contributed by atoms with Crippen LogP contribution in [0.15, 0.2) is 35.5 Å². The third-order valence-electron chi connectivity index (χ3n) is 3.88. The molecule has 1 saturated heterocycles. The first-order chi connectivity index (χ1) is 9.89. The Balaban J connectivity index is 1.91. The van der Waals surface area contributed by atoms with Crippen molar-refractivity contribution in [2.75, 3.05) is 6.54 Å². The van der Waals surface area contributed by atoms with Crippen LogP contribution in [0.5, 0.6) is 0 Å². The number of hydrogen-bond acceptors (Lipinski definition) is 3. The van der Waals surface area contributed by atoms with Crippen molar-refractivity contribution in [2.24, 2.45) is 7.05 Å². The highest BCUT2D eigenvalue weighted by Crippen LogP contribution is 2.38. The summed E-state index contributed by atoms with van der Waals surface area (Å²) in [7, 11) is -1.76. The van der Waals surface area contributed by atoms with Crippen molar-refractivity contribution in [3.8, 4) is 0 Å².